The number of oxime groups is 1. The molecule has 0 aliphatic heterocycles. The molecule has 0 saturated heterocycles. The maximum atomic E-state index is 10.9. The number of hydrogen-bond donors (Lipinski definition) is 1. The molecule has 0 atom stereocenters. The van der Waals surface area contributed by atoms with E-state index in [1.54, 1.807) is 0 Å². The molecule has 0 saturated carbocycles. The van der Waals surface area contributed by atoms with Crippen molar-refractivity contribution in [3.8, 4) is 11.5 Å². The highest BCUT2D eigenvalue weighted by Crippen LogP contribution is 2.34. The summed E-state index contributed by atoms with van der Waals surface area (Å²) in [5, 5.41) is 22.2. The molecule has 18 heavy (non-hydrogen) atoms. The van der Waals surface area contributed by atoms with Gasteiger partial charge in [-0.25, -0.2) is 0 Å². The molecule has 1 aromatic carbocycles. The van der Waals surface area contributed by atoms with Gasteiger partial charge in [0.15, 0.2) is 11.5 Å². The Morgan fingerprint density at radius 3 is 2.72 bits per heavy atom. The summed E-state index contributed by atoms with van der Waals surface area (Å²) in [6, 6.07) is 2.65. The molecule has 1 aromatic rings. The zero-order chi connectivity index (χ0) is 13.5. The lowest BCUT2D eigenvalue weighted by Crippen LogP contribution is -2.01. The van der Waals surface area contributed by atoms with Crippen molar-refractivity contribution < 1.29 is 19.6 Å². The molecule has 0 amide bonds. The number of nitrogens with zero attached hydrogens (tertiary/aromatic N) is 2. The van der Waals surface area contributed by atoms with Gasteiger partial charge >= 0.3 is 0 Å². The van der Waals surface area contributed by atoms with E-state index in [0.717, 1.165) is 12.6 Å². The van der Waals surface area contributed by atoms with Crippen LogP contribution in [0.3, 0.4) is 0 Å². The van der Waals surface area contributed by atoms with E-state index in [9.17, 15) is 10.1 Å². The second kappa shape index (κ2) is 6.43. The third kappa shape index (κ3) is 3.09. The van der Waals surface area contributed by atoms with Gasteiger partial charge in [-0.1, -0.05) is 12.1 Å². The summed E-state index contributed by atoms with van der Waals surface area (Å²) >= 11 is 0. The van der Waals surface area contributed by atoms with Crippen molar-refractivity contribution in [1.29, 1.82) is 0 Å². The van der Waals surface area contributed by atoms with Crippen LogP contribution in [0.1, 0.15) is 18.9 Å². The van der Waals surface area contributed by atoms with E-state index in [1.807, 2.05) is 6.92 Å². The van der Waals surface area contributed by atoms with Crippen LogP contribution >= 0.6 is 0 Å². The second-order valence-corrected chi connectivity index (χ2v) is 3.41. The summed E-state index contributed by atoms with van der Waals surface area (Å²) < 4.78 is 10.4. The van der Waals surface area contributed by atoms with Gasteiger partial charge in [0.25, 0.3) is 5.69 Å². The van der Waals surface area contributed by atoms with Crippen molar-refractivity contribution in [2.24, 2.45) is 5.16 Å². The number of benzene rings is 1. The lowest BCUT2D eigenvalue weighted by molar-refractivity contribution is -0.385. The molecule has 0 bridgehead atoms. The molecular formula is C11H14N2O5. The first-order chi connectivity index (χ1) is 8.63. The molecule has 0 aliphatic rings. The molecule has 1 rings (SSSR count). The van der Waals surface area contributed by atoms with Crippen molar-refractivity contribution in [1.82, 2.24) is 0 Å². The first kappa shape index (κ1) is 13.8. The molecular weight excluding hydrogens is 240 g/mol. The summed E-state index contributed by atoms with van der Waals surface area (Å²) in [6.45, 7) is 2.40. The Bertz CT molecular complexity index is 459. The number of ether oxygens (including phenoxy) is 2. The van der Waals surface area contributed by atoms with Gasteiger partial charge in [0.2, 0.25) is 0 Å². The first-order valence-corrected chi connectivity index (χ1v) is 5.30. The van der Waals surface area contributed by atoms with Crippen molar-refractivity contribution in [3.05, 3.63) is 27.8 Å². The van der Waals surface area contributed by atoms with Crippen LogP contribution in [0.2, 0.25) is 0 Å². The predicted molar refractivity (Wildman–Crippen MR) is 64.8 cm³/mol. The van der Waals surface area contributed by atoms with Gasteiger partial charge in [0.1, 0.15) is 0 Å². The SMILES string of the molecule is CCCOc1cc(/C=N\O)c([N+](=O)[O-])cc1OC. The Morgan fingerprint density at radius 1 is 1.50 bits per heavy atom. The van der Waals surface area contributed by atoms with Crippen LogP contribution < -0.4 is 9.47 Å². The highest BCUT2D eigenvalue weighted by molar-refractivity contribution is 5.86. The van der Waals surface area contributed by atoms with Gasteiger partial charge in [-0.15, -0.1) is 0 Å². The molecule has 0 spiro atoms. The summed E-state index contributed by atoms with van der Waals surface area (Å²) in [6.07, 6.45) is 1.78. The van der Waals surface area contributed by atoms with Gasteiger partial charge in [0, 0.05) is 0 Å². The summed E-state index contributed by atoms with van der Waals surface area (Å²) in [4.78, 5) is 10.3. The molecule has 0 heterocycles. The Morgan fingerprint density at radius 2 is 2.22 bits per heavy atom. The number of methoxy groups -OCH3 is 1. The van der Waals surface area contributed by atoms with Crippen LogP contribution in [0, 0.1) is 10.1 Å². The quantitative estimate of drug-likeness (QED) is 0.363. The zero-order valence-electron chi connectivity index (χ0n) is 10.1. The van der Waals surface area contributed by atoms with E-state index in [2.05, 4.69) is 5.16 Å². The molecule has 1 N–H and O–H groups in total. The minimum Gasteiger partial charge on any atom is -0.493 e. The minimum atomic E-state index is -0.580. The molecule has 98 valence electrons. The highest BCUT2D eigenvalue weighted by Gasteiger charge is 2.18. The number of rotatable bonds is 6. The molecule has 0 aromatic heterocycles. The second-order valence-electron chi connectivity index (χ2n) is 3.41. The minimum absolute atomic E-state index is 0.148. The van der Waals surface area contributed by atoms with Gasteiger partial charge < -0.3 is 14.7 Å². The Labute approximate surface area is 104 Å². The van der Waals surface area contributed by atoms with Gasteiger partial charge in [-0.2, -0.15) is 0 Å². The summed E-state index contributed by atoms with van der Waals surface area (Å²) in [5.74, 6) is 0.644. The largest absolute Gasteiger partial charge is 0.493 e. The first-order valence-electron chi connectivity index (χ1n) is 5.30. The molecule has 0 radical (unpaired) electrons. The normalized spacial score (nSPS) is 10.6. The average Bonchev–Trinajstić information content (AvgIpc) is 2.36. The monoisotopic (exact) mass is 254 g/mol. The molecule has 0 fully saturated rings. The van der Waals surface area contributed by atoms with Crippen LogP contribution in [0.15, 0.2) is 17.3 Å². The lowest BCUT2D eigenvalue weighted by Gasteiger charge is -2.10. The van der Waals surface area contributed by atoms with E-state index in [1.165, 1.54) is 19.2 Å². The van der Waals surface area contributed by atoms with Gasteiger partial charge in [0.05, 0.1) is 36.5 Å². The standard InChI is InChI=1S/C11H14N2O5/c1-3-4-18-11-5-8(7-12-14)9(13(15)16)6-10(11)17-2/h5-7,14H,3-4H2,1-2H3/b12-7-. The Balaban J connectivity index is 3.26. The van der Waals surface area contributed by atoms with Crippen LogP contribution in [-0.4, -0.2) is 30.1 Å². The van der Waals surface area contributed by atoms with E-state index >= 15 is 0 Å². The maximum absolute atomic E-state index is 10.9. The Kier molecular flexibility index (Phi) is 4.91. The van der Waals surface area contributed by atoms with Crippen molar-refractivity contribution >= 4 is 11.9 Å². The average molecular weight is 254 g/mol. The van der Waals surface area contributed by atoms with E-state index in [-0.39, 0.29) is 17.0 Å². The summed E-state index contributed by atoms with van der Waals surface area (Å²) in [7, 11) is 1.40. The molecule has 0 unspecified atom stereocenters. The molecule has 0 aliphatic carbocycles. The van der Waals surface area contributed by atoms with Crippen LogP contribution in [0.5, 0.6) is 11.5 Å². The van der Waals surface area contributed by atoms with Gasteiger partial charge in [-0.3, -0.25) is 10.1 Å². The van der Waals surface area contributed by atoms with Crippen molar-refractivity contribution in [2.45, 2.75) is 13.3 Å². The van der Waals surface area contributed by atoms with E-state index in [0.29, 0.717) is 12.4 Å². The van der Waals surface area contributed by atoms with E-state index in [4.69, 9.17) is 14.7 Å². The molecule has 7 nitrogen and oxygen atoms in total. The highest BCUT2D eigenvalue weighted by atomic mass is 16.6. The third-order valence-electron chi connectivity index (χ3n) is 2.17. The van der Waals surface area contributed by atoms with Crippen LogP contribution in [-0.2, 0) is 0 Å². The number of nitro groups is 1. The van der Waals surface area contributed by atoms with Crippen LogP contribution in [0.4, 0.5) is 5.69 Å². The Hall–Kier alpha value is -2.31. The van der Waals surface area contributed by atoms with Crippen molar-refractivity contribution in [2.75, 3.05) is 13.7 Å². The lowest BCUT2D eigenvalue weighted by atomic mass is 10.1. The maximum Gasteiger partial charge on any atom is 0.282 e. The predicted octanol–water partition coefficient (Wildman–Crippen LogP) is 2.20. The third-order valence-corrected chi connectivity index (χ3v) is 2.17. The molecule has 7 heteroatoms. The van der Waals surface area contributed by atoms with E-state index < -0.39 is 4.92 Å². The fourth-order valence-electron chi connectivity index (χ4n) is 1.37. The van der Waals surface area contributed by atoms with Gasteiger partial charge in [-0.05, 0) is 12.5 Å². The number of nitro benzene ring substituents is 1. The zero-order valence-corrected chi connectivity index (χ0v) is 10.1. The van der Waals surface area contributed by atoms with Crippen molar-refractivity contribution in [3.63, 3.8) is 0 Å². The fraction of sp³-hybridized carbons (Fsp3) is 0.364. The topological polar surface area (TPSA) is 94.2 Å². The summed E-state index contributed by atoms with van der Waals surface area (Å²) in [5.41, 5.74) is -0.0668. The smallest absolute Gasteiger partial charge is 0.282 e. The fourth-order valence-corrected chi connectivity index (χ4v) is 1.37. The van der Waals surface area contributed by atoms with Crippen LogP contribution in [0.25, 0.3) is 0 Å². The number of hydrogen-bond acceptors (Lipinski definition) is 6.